The Bertz CT molecular complexity index is 746. The van der Waals surface area contributed by atoms with Crippen molar-refractivity contribution >= 4 is 31.6 Å². The molecule has 0 unspecified atom stereocenters. The van der Waals surface area contributed by atoms with Gasteiger partial charge in [0.15, 0.2) is 0 Å². The summed E-state index contributed by atoms with van der Waals surface area (Å²) >= 11 is 3.14. The predicted molar refractivity (Wildman–Crippen MR) is 74.2 cm³/mol. The number of aromatic nitrogens is 1. The lowest BCUT2D eigenvalue weighted by Gasteiger charge is -2.14. The van der Waals surface area contributed by atoms with Crippen LogP contribution in [-0.4, -0.2) is 13.4 Å². The zero-order chi connectivity index (χ0) is 15.7. The normalized spacial score (nSPS) is 12.2. The average molecular weight is 381 g/mol. The molecule has 112 valence electrons. The SMILES string of the molecule is O=S(=O)(Nc1cnccc1C(F)(F)F)c1ccc(Br)cc1. The molecule has 0 radical (unpaired) electrons. The molecule has 0 aliphatic rings. The second kappa shape index (κ2) is 5.64. The number of rotatable bonds is 3. The standard InChI is InChI=1S/C12H8BrF3N2O2S/c13-8-1-3-9(4-2-8)21(19,20)18-11-7-17-6-5-10(11)12(14,15)16/h1-7,18H. The van der Waals surface area contributed by atoms with Gasteiger partial charge >= 0.3 is 6.18 Å². The number of halogens is 4. The topological polar surface area (TPSA) is 59.1 Å². The molecule has 2 aromatic rings. The lowest BCUT2D eigenvalue weighted by atomic mass is 10.2. The summed E-state index contributed by atoms with van der Waals surface area (Å²) in [5.41, 5.74) is -1.72. The summed E-state index contributed by atoms with van der Waals surface area (Å²) in [5.74, 6) is 0. The molecular weight excluding hydrogens is 373 g/mol. The van der Waals surface area contributed by atoms with E-state index in [1.165, 1.54) is 24.3 Å². The van der Waals surface area contributed by atoms with Crippen LogP contribution in [0.5, 0.6) is 0 Å². The molecule has 1 N–H and O–H groups in total. The van der Waals surface area contributed by atoms with Crippen molar-refractivity contribution in [1.82, 2.24) is 4.98 Å². The van der Waals surface area contributed by atoms with Gasteiger partial charge in [0.2, 0.25) is 0 Å². The Morgan fingerprint density at radius 1 is 1.10 bits per heavy atom. The van der Waals surface area contributed by atoms with Gasteiger partial charge < -0.3 is 0 Å². The first-order valence-corrected chi connectivity index (χ1v) is 7.77. The number of pyridine rings is 1. The molecule has 0 fully saturated rings. The van der Waals surface area contributed by atoms with Gasteiger partial charge in [-0.2, -0.15) is 13.2 Å². The van der Waals surface area contributed by atoms with Gasteiger partial charge in [-0.1, -0.05) is 15.9 Å². The Kier molecular flexibility index (Phi) is 4.24. The number of benzene rings is 1. The van der Waals surface area contributed by atoms with E-state index in [0.29, 0.717) is 10.5 Å². The molecule has 1 aromatic heterocycles. The Labute approximate surface area is 127 Å². The third-order valence-corrected chi connectivity index (χ3v) is 4.40. The molecule has 4 nitrogen and oxygen atoms in total. The molecular formula is C12H8BrF3N2O2S. The maximum absolute atomic E-state index is 12.8. The quantitative estimate of drug-likeness (QED) is 0.883. The van der Waals surface area contributed by atoms with Crippen molar-refractivity contribution in [1.29, 1.82) is 0 Å². The van der Waals surface area contributed by atoms with Crippen LogP contribution in [0.2, 0.25) is 0 Å². The minimum Gasteiger partial charge on any atom is -0.277 e. The first kappa shape index (κ1) is 15.8. The van der Waals surface area contributed by atoms with Crippen molar-refractivity contribution < 1.29 is 21.6 Å². The minimum absolute atomic E-state index is 0.150. The zero-order valence-corrected chi connectivity index (χ0v) is 12.6. The van der Waals surface area contributed by atoms with Crippen molar-refractivity contribution in [2.45, 2.75) is 11.1 Å². The highest BCUT2D eigenvalue weighted by Crippen LogP contribution is 2.35. The molecule has 0 bridgehead atoms. The van der Waals surface area contributed by atoms with E-state index >= 15 is 0 Å². The van der Waals surface area contributed by atoms with Crippen LogP contribution in [0.15, 0.2) is 52.1 Å². The Hall–Kier alpha value is -1.61. The number of alkyl halides is 3. The molecule has 1 heterocycles. The summed E-state index contributed by atoms with van der Waals surface area (Å²) in [6, 6.07) is 6.20. The fraction of sp³-hybridized carbons (Fsp3) is 0.0833. The van der Waals surface area contributed by atoms with Crippen molar-refractivity contribution in [3.8, 4) is 0 Å². The Balaban J connectivity index is 2.40. The molecule has 0 amide bonds. The van der Waals surface area contributed by atoms with Gasteiger partial charge in [-0.3, -0.25) is 9.71 Å². The number of anilines is 1. The molecule has 0 spiro atoms. The van der Waals surface area contributed by atoms with Gasteiger partial charge in [0.1, 0.15) is 0 Å². The summed E-state index contributed by atoms with van der Waals surface area (Å²) in [4.78, 5) is 3.37. The molecule has 0 atom stereocenters. The average Bonchev–Trinajstić information content (AvgIpc) is 2.38. The van der Waals surface area contributed by atoms with Crippen molar-refractivity contribution in [3.63, 3.8) is 0 Å². The summed E-state index contributed by atoms with van der Waals surface area (Å²) in [6.07, 6.45) is -2.92. The molecule has 2 rings (SSSR count). The van der Waals surface area contributed by atoms with E-state index in [-0.39, 0.29) is 4.90 Å². The highest BCUT2D eigenvalue weighted by molar-refractivity contribution is 9.10. The van der Waals surface area contributed by atoms with E-state index in [0.717, 1.165) is 12.4 Å². The van der Waals surface area contributed by atoms with Gasteiger partial charge in [-0.05, 0) is 30.3 Å². The summed E-state index contributed by atoms with van der Waals surface area (Å²) in [5, 5.41) is 0. The van der Waals surface area contributed by atoms with E-state index < -0.39 is 27.5 Å². The van der Waals surface area contributed by atoms with Crippen LogP contribution in [0.4, 0.5) is 18.9 Å². The number of sulfonamides is 1. The molecule has 0 saturated carbocycles. The number of hydrogen-bond donors (Lipinski definition) is 1. The number of nitrogens with one attached hydrogen (secondary N) is 1. The monoisotopic (exact) mass is 380 g/mol. The smallest absolute Gasteiger partial charge is 0.277 e. The molecule has 9 heteroatoms. The summed E-state index contributed by atoms with van der Waals surface area (Å²) < 4.78 is 65.1. The highest BCUT2D eigenvalue weighted by atomic mass is 79.9. The second-order valence-electron chi connectivity index (χ2n) is 3.98. The summed E-state index contributed by atoms with van der Waals surface area (Å²) in [6.45, 7) is 0. The lowest BCUT2D eigenvalue weighted by Crippen LogP contribution is -2.17. The highest BCUT2D eigenvalue weighted by Gasteiger charge is 2.34. The van der Waals surface area contributed by atoms with E-state index in [1.54, 1.807) is 0 Å². The van der Waals surface area contributed by atoms with Gasteiger partial charge in [0.05, 0.1) is 22.3 Å². The Morgan fingerprint density at radius 2 is 1.71 bits per heavy atom. The first-order valence-electron chi connectivity index (χ1n) is 5.50. The van der Waals surface area contributed by atoms with Crippen LogP contribution in [0, 0.1) is 0 Å². The van der Waals surface area contributed by atoms with Crippen molar-refractivity contribution in [3.05, 3.63) is 52.8 Å². The molecule has 0 aliphatic carbocycles. The fourth-order valence-corrected chi connectivity index (χ4v) is 2.87. The Morgan fingerprint density at radius 3 is 2.29 bits per heavy atom. The van der Waals surface area contributed by atoms with Gasteiger partial charge in [0, 0.05) is 10.7 Å². The van der Waals surface area contributed by atoms with E-state index in [2.05, 4.69) is 20.9 Å². The van der Waals surface area contributed by atoms with Crippen LogP contribution in [0.25, 0.3) is 0 Å². The molecule has 1 aromatic carbocycles. The second-order valence-corrected chi connectivity index (χ2v) is 6.58. The van der Waals surface area contributed by atoms with Crippen LogP contribution in [0.3, 0.4) is 0 Å². The van der Waals surface area contributed by atoms with Crippen LogP contribution >= 0.6 is 15.9 Å². The number of hydrogen-bond acceptors (Lipinski definition) is 3. The van der Waals surface area contributed by atoms with E-state index in [9.17, 15) is 21.6 Å². The third-order valence-electron chi connectivity index (χ3n) is 2.49. The first-order chi connectivity index (χ1) is 9.70. The summed E-state index contributed by atoms with van der Waals surface area (Å²) in [7, 11) is -4.12. The van der Waals surface area contributed by atoms with Crippen molar-refractivity contribution in [2.75, 3.05) is 4.72 Å². The largest absolute Gasteiger partial charge is 0.418 e. The zero-order valence-electron chi connectivity index (χ0n) is 10.2. The lowest BCUT2D eigenvalue weighted by molar-refractivity contribution is -0.136. The molecule has 0 saturated heterocycles. The maximum atomic E-state index is 12.8. The molecule has 0 aliphatic heterocycles. The molecule has 21 heavy (non-hydrogen) atoms. The van der Waals surface area contributed by atoms with E-state index in [4.69, 9.17) is 0 Å². The van der Waals surface area contributed by atoms with Crippen LogP contribution in [0.1, 0.15) is 5.56 Å². The number of nitrogens with zero attached hydrogens (tertiary/aromatic N) is 1. The van der Waals surface area contributed by atoms with E-state index in [1.807, 2.05) is 4.72 Å². The predicted octanol–water partition coefficient (Wildman–Crippen LogP) is 3.66. The van der Waals surface area contributed by atoms with Gasteiger partial charge in [-0.15, -0.1) is 0 Å². The van der Waals surface area contributed by atoms with Crippen LogP contribution < -0.4 is 4.72 Å². The fourth-order valence-electron chi connectivity index (χ4n) is 1.54. The van der Waals surface area contributed by atoms with Crippen LogP contribution in [-0.2, 0) is 16.2 Å². The maximum Gasteiger partial charge on any atom is 0.418 e. The van der Waals surface area contributed by atoms with Gasteiger partial charge in [-0.25, -0.2) is 8.42 Å². The van der Waals surface area contributed by atoms with Crippen molar-refractivity contribution in [2.24, 2.45) is 0 Å². The third kappa shape index (κ3) is 3.73. The van der Waals surface area contributed by atoms with Gasteiger partial charge in [0.25, 0.3) is 10.0 Å². The minimum atomic E-state index is -4.68.